The molecule has 0 spiro atoms. The fourth-order valence-corrected chi connectivity index (χ4v) is 3.37. The number of aliphatic hydroxyl groups is 1. The molecule has 10 nitrogen and oxygen atoms in total. The molecule has 0 aliphatic carbocycles. The van der Waals surface area contributed by atoms with Gasteiger partial charge in [0, 0.05) is 6.20 Å². The first-order valence-electron chi connectivity index (χ1n) is 5.70. The molecule has 22 heavy (non-hydrogen) atoms. The maximum atomic E-state index is 11.0. The van der Waals surface area contributed by atoms with E-state index in [1.807, 2.05) is 6.92 Å². The average molecular weight is 373 g/mol. The zero-order chi connectivity index (χ0) is 15.6. The molecule has 1 aromatic rings. The van der Waals surface area contributed by atoms with Gasteiger partial charge in [0.05, 0.1) is 12.2 Å². The maximum Gasteiger partial charge on any atom is 1.00 e. The van der Waals surface area contributed by atoms with Crippen LogP contribution in [0.25, 0.3) is 0 Å². The minimum absolute atomic E-state index is 0. The van der Waals surface area contributed by atoms with Crippen molar-refractivity contribution in [1.29, 1.82) is 0 Å². The third-order valence-corrected chi connectivity index (χ3v) is 6.26. The molecular weight excluding hydrogens is 358 g/mol. The van der Waals surface area contributed by atoms with Crippen molar-refractivity contribution in [3.63, 3.8) is 0 Å². The molecule has 0 radical (unpaired) electrons. The van der Waals surface area contributed by atoms with Crippen molar-refractivity contribution in [2.45, 2.75) is 37.8 Å². The second-order valence-corrected chi connectivity index (χ2v) is 8.24. The summed E-state index contributed by atoms with van der Waals surface area (Å²) < 4.78 is 22.8. The minimum atomic E-state index is -5.80. The molecule has 0 bridgehead atoms. The van der Waals surface area contributed by atoms with Crippen molar-refractivity contribution in [3.05, 3.63) is 11.9 Å². The summed E-state index contributed by atoms with van der Waals surface area (Å²) in [5.74, 6) is 0. The first kappa shape index (κ1) is 25.6. The zero-order valence-corrected chi connectivity index (χ0v) is 18.4. The largest absolute Gasteiger partial charge is 1.00 e. The molecule has 14 heteroatoms. The van der Waals surface area contributed by atoms with Gasteiger partial charge < -0.3 is 33.8 Å². The Bertz CT molecular complexity index is 536. The van der Waals surface area contributed by atoms with E-state index in [1.165, 1.54) is 6.20 Å². The van der Waals surface area contributed by atoms with Crippen LogP contribution in [0.1, 0.15) is 25.5 Å². The summed E-state index contributed by atoms with van der Waals surface area (Å²) in [7, 11) is -11.6. The fourth-order valence-electron chi connectivity index (χ4n) is 1.44. The quantitative estimate of drug-likeness (QED) is 0.310. The van der Waals surface area contributed by atoms with Gasteiger partial charge in [-0.2, -0.15) is 0 Å². The van der Waals surface area contributed by atoms with Gasteiger partial charge in [-0.25, -0.2) is 4.68 Å². The summed E-state index contributed by atoms with van der Waals surface area (Å²) in [5.41, 5.74) is 0.464. The van der Waals surface area contributed by atoms with E-state index < -0.39 is 26.8 Å². The third kappa shape index (κ3) is 6.37. The van der Waals surface area contributed by atoms with Crippen molar-refractivity contribution < 1.29 is 92.9 Å². The van der Waals surface area contributed by atoms with Crippen LogP contribution in [0.4, 0.5) is 0 Å². The van der Waals surface area contributed by atoms with E-state index >= 15 is 0 Å². The van der Waals surface area contributed by atoms with E-state index in [4.69, 9.17) is 9.79 Å². The second-order valence-electron chi connectivity index (χ2n) is 4.33. The molecule has 1 heterocycles. The Hall–Kier alpha value is 1.40. The Morgan fingerprint density at radius 1 is 1.27 bits per heavy atom. The SMILES string of the molecule is CCCCc1cn(CC(O)(P(=O)([O-])O)P(=O)([O-])O)nn1.[Na+].[Na+]. The van der Waals surface area contributed by atoms with Crippen molar-refractivity contribution in [3.8, 4) is 0 Å². The summed E-state index contributed by atoms with van der Waals surface area (Å²) in [6, 6.07) is 0. The molecule has 116 valence electrons. The van der Waals surface area contributed by atoms with Gasteiger partial charge >= 0.3 is 59.1 Å². The standard InChI is InChI=1S/C8H17N3O7P2.2Na/c1-2-3-4-7-5-11(10-9-7)6-8(12,19(13,14)15)20(16,17)18;;/h5,12H,2-4,6H2,1H3,(H2,13,14,15)(H2,16,17,18);;/q;2*+1/p-2. The predicted octanol–water partition coefficient (Wildman–Crippen LogP) is -7.63. The molecule has 0 amide bonds. The minimum Gasteiger partial charge on any atom is -0.776 e. The van der Waals surface area contributed by atoms with Crippen LogP contribution < -0.4 is 68.9 Å². The van der Waals surface area contributed by atoms with Crippen molar-refractivity contribution in [2.24, 2.45) is 0 Å². The van der Waals surface area contributed by atoms with Crippen LogP contribution >= 0.6 is 15.2 Å². The molecule has 2 unspecified atom stereocenters. The van der Waals surface area contributed by atoms with E-state index in [2.05, 4.69) is 10.3 Å². The smallest absolute Gasteiger partial charge is 0.776 e. The van der Waals surface area contributed by atoms with Gasteiger partial charge in [-0.3, -0.25) is 0 Å². The normalized spacial score (nSPS) is 19.0. The van der Waals surface area contributed by atoms with E-state index in [1.54, 1.807) is 0 Å². The monoisotopic (exact) mass is 373 g/mol. The number of aromatic nitrogens is 3. The molecule has 0 saturated carbocycles. The Kier molecular flexibility index (Phi) is 11.4. The number of unbranched alkanes of at least 4 members (excludes halogenated alkanes) is 1. The van der Waals surface area contributed by atoms with Crippen LogP contribution in [0.5, 0.6) is 0 Å². The first-order valence-corrected chi connectivity index (χ1v) is 8.86. The Morgan fingerprint density at radius 3 is 2.18 bits per heavy atom. The van der Waals surface area contributed by atoms with E-state index in [9.17, 15) is 24.0 Å². The Balaban J connectivity index is 0. The van der Waals surface area contributed by atoms with Crippen molar-refractivity contribution >= 4 is 15.2 Å². The maximum absolute atomic E-state index is 11.0. The van der Waals surface area contributed by atoms with E-state index in [0.29, 0.717) is 12.1 Å². The molecule has 0 aliphatic rings. The Labute approximate surface area is 171 Å². The number of nitrogens with zero attached hydrogens (tertiary/aromatic N) is 3. The van der Waals surface area contributed by atoms with Crippen LogP contribution in [-0.4, -0.2) is 35.0 Å². The summed E-state index contributed by atoms with van der Waals surface area (Å²) in [6.07, 6.45) is 3.45. The molecule has 0 fully saturated rings. The van der Waals surface area contributed by atoms with Gasteiger partial charge in [0.25, 0.3) is 0 Å². The molecule has 0 aliphatic heterocycles. The molecule has 1 rings (SSSR count). The molecular formula is C8H15N3Na2O7P2. The van der Waals surface area contributed by atoms with Gasteiger partial charge in [0.2, 0.25) is 5.08 Å². The van der Waals surface area contributed by atoms with Gasteiger partial charge in [0.15, 0.2) is 15.2 Å². The molecule has 1 aromatic heterocycles. The van der Waals surface area contributed by atoms with Gasteiger partial charge in [0.1, 0.15) is 0 Å². The number of aryl methyl sites for hydroxylation is 1. The zero-order valence-electron chi connectivity index (χ0n) is 12.6. The molecule has 3 N–H and O–H groups in total. The van der Waals surface area contributed by atoms with Crippen LogP contribution in [-0.2, 0) is 22.1 Å². The van der Waals surface area contributed by atoms with Crippen molar-refractivity contribution in [1.82, 2.24) is 15.0 Å². The van der Waals surface area contributed by atoms with Crippen LogP contribution in [0.15, 0.2) is 6.20 Å². The predicted molar refractivity (Wildman–Crippen MR) is 63.2 cm³/mol. The Morgan fingerprint density at radius 2 is 1.77 bits per heavy atom. The van der Waals surface area contributed by atoms with Gasteiger partial charge in [-0.1, -0.05) is 18.6 Å². The van der Waals surface area contributed by atoms with Crippen LogP contribution in [0.2, 0.25) is 0 Å². The van der Waals surface area contributed by atoms with E-state index in [-0.39, 0.29) is 59.1 Å². The average Bonchev–Trinajstić information content (AvgIpc) is 2.71. The fraction of sp³-hybridized carbons (Fsp3) is 0.750. The number of hydrogen-bond donors (Lipinski definition) is 3. The summed E-state index contributed by atoms with van der Waals surface area (Å²) >= 11 is 0. The topological polar surface area (TPSA) is 172 Å². The third-order valence-electron chi connectivity index (χ3n) is 2.65. The van der Waals surface area contributed by atoms with Gasteiger partial charge in [-0.05, 0) is 12.8 Å². The first-order chi connectivity index (χ1) is 9.01. The van der Waals surface area contributed by atoms with E-state index in [0.717, 1.165) is 17.5 Å². The van der Waals surface area contributed by atoms with Gasteiger partial charge in [-0.15, -0.1) is 5.10 Å². The summed E-state index contributed by atoms with van der Waals surface area (Å²) in [5, 5.41) is 12.9. The van der Waals surface area contributed by atoms with Crippen LogP contribution in [0, 0.1) is 0 Å². The molecule has 2 atom stereocenters. The second kappa shape index (κ2) is 9.77. The van der Waals surface area contributed by atoms with Crippen LogP contribution in [0.3, 0.4) is 0 Å². The summed E-state index contributed by atoms with van der Waals surface area (Å²) in [4.78, 5) is 39.7. The summed E-state index contributed by atoms with van der Waals surface area (Å²) in [6.45, 7) is 0.767. The molecule has 0 aromatic carbocycles. The number of hydrogen-bond acceptors (Lipinski definition) is 7. The number of rotatable bonds is 7. The van der Waals surface area contributed by atoms with Crippen molar-refractivity contribution in [2.75, 3.05) is 0 Å². The molecule has 0 saturated heterocycles.